The minimum absolute atomic E-state index is 0. The summed E-state index contributed by atoms with van der Waals surface area (Å²) < 4.78 is 0. The highest BCUT2D eigenvalue weighted by atomic mass is 127. The van der Waals surface area contributed by atoms with Gasteiger partial charge in [-0.3, -0.25) is 9.59 Å². The molecule has 2 fully saturated rings. The summed E-state index contributed by atoms with van der Waals surface area (Å²) in [6.07, 6.45) is 6.32. The Bertz CT molecular complexity index is 714. The van der Waals surface area contributed by atoms with Crippen LogP contribution in [0.4, 0.5) is 5.69 Å². The fraction of sp³-hybridized carbons (Fsp3) is 0.571. The average molecular weight is 513 g/mol. The van der Waals surface area contributed by atoms with E-state index in [1.807, 2.05) is 29.2 Å². The Morgan fingerprint density at radius 3 is 2.45 bits per heavy atom. The van der Waals surface area contributed by atoms with Crippen molar-refractivity contribution in [1.29, 1.82) is 0 Å². The van der Waals surface area contributed by atoms with Crippen LogP contribution in [-0.4, -0.2) is 55.9 Å². The number of halogens is 1. The molecule has 2 N–H and O–H groups in total. The molecular weight excluding hydrogens is 481 g/mol. The van der Waals surface area contributed by atoms with Crippen LogP contribution < -0.4 is 15.5 Å². The lowest BCUT2D eigenvalue weighted by atomic mass is 10.2. The molecule has 1 saturated carbocycles. The van der Waals surface area contributed by atoms with E-state index in [9.17, 15) is 9.59 Å². The van der Waals surface area contributed by atoms with E-state index in [1.54, 1.807) is 19.0 Å². The third-order valence-electron chi connectivity index (χ3n) is 5.34. The number of nitrogens with one attached hydrogen (secondary N) is 2. The molecule has 1 aromatic rings. The van der Waals surface area contributed by atoms with Crippen LogP contribution in [-0.2, 0) is 16.1 Å². The molecule has 1 aliphatic carbocycles. The number of hydrogen-bond donors (Lipinski definition) is 2. The summed E-state index contributed by atoms with van der Waals surface area (Å²) in [6, 6.07) is 8.43. The van der Waals surface area contributed by atoms with Crippen LogP contribution in [0.2, 0.25) is 0 Å². The van der Waals surface area contributed by atoms with Crippen LogP contribution in [0, 0.1) is 0 Å². The van der Waals surface area contributed by atoms with E-state index >= 15 is 0 Å². The van der Waals surface area contributed by atoms with E-state index in [2.05, 4.69) is 15.6 Å². The molecule has 0 radical (unpaired) electrons. The number of benzene rings is 1. The first-order chi connectivity index (χ1) is 13.5. The first-order valence-electron chi connectivity index (χ1n) is 10.2. The molecule has 7 nitrogen and oxygen atoms in total. The molecular formula is C21H32IN5O2. The lowest BCUT2D eigenvalue weighted by Gasteiger charge is -2.19. The Morgan fingerprint density at radius 2 is 1.86 bits per heavy atom. The number of carbonyl (C=O) groups is 2. The van der Waals surface area contributed by atoms with Gasteiger partial charge in [-0.25, -0.2) is 4.99 Å². The zero-order chi connectivity index (χ0) is 19.9. The van der Waals surface area contributed by atoms with Crippen molar-refractivity contribution in [3.8, 4) is 0 Å². The van der Waals surface area contributed by atoms with Crippen LogP contribution >= 0.6 is 24.0 Å². The SMILES string of the molecule is CN(C)C(=O)CNC(=NCc1ccc(N2CCCC2=O)cc1)NC1CCCC1.I. The van der Waals surface area contributed by atoms with E-state index in [0.717, 1.165) is 37.1 Å². The number of hydrogen-bond acceptors (Lipinski definition) is 3. The number of anilines is 1. The Hall–Kier alpha value is -1.84. The topological polar surface area (TPSA) is 77.0 Å². The summed E-state index contributed by atoms with van der Waals surface area (Å²) in [4.78, 5) is 31.9. The van der Waals surface area contributed by atoms with Crippen LogP contribution in [0.3, 0.4) is 0 Å². The number of amides is 2. The molecule has 8 heteroatoms. The molecule has 29 heavy (non-hydrogen) atoms. The molecule has 2 amide bonds. The molecule has 0 atom stereocenters. The standard InChI is InChI=1S/C21H31N5O2.HI/c1-25(2)20(28)15-23-21(24-17-6-3-4-7-17)22-14-16-9-11-18(12-10-16)26-13-5-8-19(26)27;/h9-12,17H,3-8,13-15H2,1-2H3,(H2,22,23,24);1H. The van der Waals surface area contributed by atoms with E-state index < -0.39 is 0 Å². The summed E-state index contributed by atoms with van der Waals surface area (Å²) >= 11 is 0. The second-order valence-corrected chi connectivity index (χ2v) is 7.75. The Balaban J connectivity index is 0.00000300. The van der Waals surface area contributed by atoms with E-state index in [0.29, 0.717) is 25.0 Å². The summed E-state index contributed by atoms with van der Waals surface area (Å²) in [5.41, 5.74) is 2.02. The third-order valence-corrected chi connectivity index (χ3v) is 5.34. The first-order valence-corrected chi connectivity index (χ1v) is 10.2. The van der Waals surface area contributed by atoms with E-state index in [4.69, 9.17) is 0 Å². The lowest BCUT2D eigenvalue weighted by Crippen LogP contribution is -2.46. The minimum Gasteiger partial charge on any atom is -0.354 e. The van der Waals surface area contributed by atoms with Gasteiger partial charge in [-0.05, 0) is 37.0 Å². The first kappa shape index (κ1) is 23.4. The molecule has 160 valence electrons. The summed E-state index contributed by atoms with van der Waals surface area (Å²) in [7, 11) is 3.50. The maximum Gasteiger partial charge on any atom is 0.241 e. The largest absolute Gasteiger partial charge is 0.354 e. The molecule has 1 aromatic carbocycles. The van der Waals surface area contributed by atoms with Crippen molar-refractivity contribution in [2.24, 2.45) is 4.99 Å². The molecule has 0 spiro atoms. The van der Waals surface area contributed by atoms with Gasteiger partial charge < -0.3 is 20.4 Å². The molecule has 1 aliphatic heterocycles. The van der Waals surface area contributed by atoms with Crippen molar-refractivity contribution >= 4 is 47.4 Å². The van der Waals surface area contributed by atoms with Gasteiger partial charge in [0, 0.05) is 38.8 Å². The fourth-order valence-corrected chi connectivity index (χ4v) is 3.61. The predicted molar refractivity (Wildman–Crippen MR) is 127 cm³/mol. The van der Waals surface area contributed by atoms with Gasteiger partial charge in [-0.2, -0.15) is 0 Å². The van der Waals surface area contributed by atoms with Crippen molar-refractivity contribution in [2.45, 2.75) is 51.1 Å². The number of guanidine groups is 1. The lowest BCUT2D eigenvalue weighted by molar-refractivity contribution is -0.127. The summed E-state index contributed by atoms with van der Waals surface area (Å²) in [5.74, 6) is 0.894. The zero-order valence-corrected chi connectivity index (χ0v) is 19.6. The van der Waals surface area contributed by atoms with Gasteiger partial charge in [0.25, 0.3) is 0 Å². The van der Waals surface area contributed by atoms with Gasteiger partial charge in [0.05, 0.1) is 13.1 Å². The molecule has 3 rings (SSSR count). The number of rotatable bonds is 6. The van der Waals surface area contributed by atoms with Gasteiger partial charge in [-0.15, -0.1) is 24.0 Å². The summed E-state index contributed by atoms with van der Waals surface area (Å²) in [5, 5.41) is 6.61. The van der Waals surface area contributed by atoms with Gasteiger partial charge in [-0.1, -0.05) is 25.0 Å². The minimum atomic E-state index is 0. The van der Waals surface area contributed by atoms with Gasteiger partial charge >= 0.3 is 0 Å². The zero-order valence-electron chi connectivity index (χ0n) is 17.3. The van der Waals surface area contributed by atoms with Gasteiger partial charge in [0.1, 0.15) is 0 Å². The van der Waals surface area contributed by atoms with Crippen LogP contribution in [0.15, 0.2) is 29.3 Å². The van der Waals surface area contributed by atoms with Crippen molar-refractivity contribution < 1.29 is 9.59 Å². The highest BCUT2D eigenvalue weighted by molar-refractivity contribution is 14.0. The molecule has 0 unspecified atom stereocenters. The predicted octanol–water partition coefficient (Wildman–Crippen LogP) is 2.50. The Kier molecular flexibility index (Phi) is 9.19. The van der Waals surface area contributed by atoms with Crippen LogP contribution in [0.1, 0.15) is 44.1 Å². The number of carbonyl (C=O) groups excluding carboxylic acids is 2. The second-order valence-electron chi connectivity index (χ2n) is 7.75. The smallest absolute Gasteiger partial charge is 0.241 e. The quantitative estimate of drug-likeness (QED) is 0.348. The van der Waals surface area contributed by atoms with Crippen LogP contribution in [0.25, 0.3) is 0 Å². The van der Waals surface area contributed by atoms with Gasteiger partial charge in [0.15, 0.2) is 5.96 Å². The fourth-order valence-electron chi connectivity index (χ4n) is 3.61. The second kappa shape index (κ2) is 11.4. The molecule has 0 aromatic heterocycles. The molecule has 1 heterocycles. The number of likely N-dealkylation sites (N-methyl/N-ethyl adjacent to an activating group) is 1. The average Bonchev–Trinajstić information content (AvgIpc) is 3.35. The van der Waals surface area contributed by atoms with Crippen LogP contribution in [0.5, 0.6) is 0 Å². The highest BCUT2D eigenvalue weighted by Crippen LogP contribution is 2.22. The maximum absolute atomic E-state index is 11.9. The molecule has 1 saturated heterocycles. The maximum atomic E-state index is 11.9. The van der Waals surface area contributed by atoms with Gasteiger partial charge in [0.2, 0.25) is 11.8 Å². The highest BCUT2D eigenvalue weighted by Gasteiger charge is 2.21. The van der Waals surface area contributed by atoms with Crippen molar-refractivity contribution in [1.82, 2.24) is 15.5 Å². The Labute approximate surface area is 190 Å². The van der Waals surface area contributed by atoms with E-state index in [1.165, 1.54) is 12.8 Å². The number of aliphatic imine (C=N–C) groups is 1. The van der Waals surface area contributed by atoms with Crippen molar-refractivity contribution in [2.75, 3.05) is 32.1 Å². The van der Waals surface area contributed by atoms with Crippen molar-refractivity contribution in [3.63, 3.8) is 0 Å². The normalized spacial score (nSPS) is 17.2. The van der Waals surface area contributed by atoms with Crippen molar-refractivity contribution in [3.05, 3.63) is 29.8 Å². The Morgan fingerprint density at radius 1 is 1.17 bits per heavy atom. The molecule has 0 bridgehead atoms. The van der Waals surface area contributed by atoms with E-state index in [-0.39, 0.29) is 42.3 Å². The molecule has 2 aliphatic rings. The monoisotopic (exact) mass is 513 g/mol. The number of nitrogens with zero attached hydrogens (tertiary/aromatic N) is 3. The third kappa shape index (κ3) is 6.87. The summed E-state index contributed by atoms with van der Waals surface area (Å²) in [6.45, 7) is 1.55.